The fraction of sp³-hybridized carbons (Fsp3) is 0.389. The van der Waals surface area contributed by atoms with Gasteiger partial charge in [-0.15, -0.1) is 0 Å². The summed E-state index contributed by atoms with van der Waals surface area (Å²) in [4.78, 5) is 4.93. The minimum Gasteiger partial charge on any atom is -0.256 e. The number of pyridine rings is 1. The fourth-order valence-electron chi connectivity index (χ4n) is 3.08. The molecule has 1 aromatic carbocycles. The highest BCUT2D eigenvalue weighted by molar-refractivity contribution is 7.89. The van der Waals surface area contributed by atoms with Gasteiger partial charge in [0.25, 0.3) is 0 Å². The zero-order chi connectivity index (χ0) is 16.4. The molecule has 0 amide bonds. The van der Waals surface area contributed by atoms with Crippen LogP contribution in [0.5, 0.6) is 0 Å². The Labute approximate surface area is 138 Å². The number of aryl methyl sites for hydroxylation is 2. The van der Waals surface area contributed by atoms with Crippen LogP contribution >= 0.6 is 0 Å². The first-order valence-corrected chi connectivity index (χ1v) is 9.44. The van der Waals surface area contributed by atoms with Gasteiger partial charge in [-0.2, -0.15) is 4.31 Å². The highest BCUT2D eigenvalue weighted by Crippen LogP contribution is 2.34. The van der Waals surface area contributed by atoms with E-state index in [0.29, 0.717) is 11.4 Å². The van der Waals surface area contributed by atoms with Crippen molar-refractivity contribution in [2.24, 2.45) is 0 Å². The summed E-state index contributed by atoms with van der Waals surface area (Å²) in [6, 6.07) is 12.7. The molecule has 5 heteroatoms. The largest absolute Gasteiger partial charge is 0.256 e. The molecule has 4 nitrogen and oxygen atoms in total. The average Bonchev–Trinajstić information content (AvgIpc) is 2.55. The van der Waals surface area contributed by atoms with Gasteiger partial charge in [0, 0.05) is 12.2 Å². The van der Waals surface area contributed by atoms with Crippen LogP contribution in [0.15, 0.2) is 47.4 Å². The molecule has 1 aliphatic heterocycles. The second-order valence-corrected chi connectivity index (χ2v) is 8.03. The Balaban J connectivity index is 1.99. The summed E-state index contributed by atoms with van der Waals surface area (Å²) in [7, 11) is -3.50. The first-order valence-electron chi connectivity index (χ1n) is 8.00. The van der Waals surface area contributed by atoms with Crippen LogP contribution in [0, 0.1) is 13.8 Å². The number of benzene rings is 1. The lowest BCUT2D eigenvalue weighted by atomic mass is 10.0. The highest BCUT2D eigenvalue weighted by atomic mass is 32.2. The molecule has 0 saturated carbocycles. The first kappa shape index (κ1) is 16.1. The van der Waals surface area contributed by atoms with Gasteiger partial charge in [-0.3, -0.25) is 4.98 Å². The maximum Gasteiger partial charge on any atom is 0.243 e. The molecule has 3 rings (SSSR count). The Bertz CT molecular complexity index is 785. The molecule has 2 heterocycles. The summed E-state index contributed by atoms with van der Waals surface area (Å²) in [5.74, 6) is 0. The molecule has 0 N–H and O–H groups in total. The molecule has 23 heavy (non-hydrogen) atoms. The molecule has 0 aliphatic carbocycles. The first-order chi connectivity index (χ1) is 11.0. The van der Waals surface area contributed by atoms with Crippen LogP contribution in [0.2, 0.25) is 0 Å². The number of hydrogen-bond acceptors (Lipinski definition) is 3. The van der Waals surface area contributed by atoms with Crippen molar-refractivity contribution in [2.75, 3.05) is 6.54 Å². The quantitative estimate of drug-likeness (QED) is 0.864. The fourth-order valence-corrected chi connectivity index (χ4v) is 4.75. The van der Waals surface area contributed by atoms with Crippen LogP contribution < -0.4 is 0 Å². The maximum atomic E-state index is 13.1. The van der Waals surface area contributed by atoms with E-state index in [0.717, 1.165) is 36.2 Å². The van der Waals surface area contributed by atoms with Crippen molar-refractivity contribution in [1.82, 2.24) is 9.29 Å². The lowest BCUT2D eigenvalue weighted by Gasteiger charge is -2.34. The zero-order valence-corrected chi connectivity index (χ0v) is 14.4. The number of rotatable bonds is 3. The van der Waals surface area contributed by atoms with E-state index in [9.17, 15) is 8.42 Å². The van der Waals surface area contributed by atoms with Crippen LogP contribution in [0.25, 0.3) is 0 Å². The Kier molecular flexibility index (Phi) is 4.50. The monoisotopic (exact) mass is 330 g/mol. The van der Waals surface area contributed by atoms with Gasteiger partial charge in [-0.1, -0.05) is 30.2 Å². The molecule has 1 aromatic heterocycles. The van der Waals surface area contributed by atoms with E-state index in [1.165, 1.54) is 0 Å². The predicted octanol–water partition coefficient (Wildman–Crippen LogP) is 3.61. The molecule has 0 spiro atoms. The Morgan fingerprint density at radius 1 is 1.04 bits per heavy atom. The smallest absolute Gasteiger partial charge is 0.243 e. The third-order valence-corrected chi connectivity index (χ3v) is 6.25. The van der Waals surface area contributed by atoms with Gasteiger partial charge in [-0.25, -0.2) is 8.42 Å². The van der Waals surface area contributed by atoms with Crippen molar-refractivity contribution in [3.8, 4) is 0 Å². The molecule has 0 unspecified atom stereocenters. The van der Waals surface area contributed by atoms with Gasteiger partial charge in [0.1, 0.15) is 0 Å². The van der Waals surface area contributed by atoms with E-state index in [-0.39, 0.29) is 6.04 Å². The summed E-state index contributed by atoms with van der Waals surface area (Å²) in [6.45, 7) is 4.44. The SMILES string of the molecule is Cc1ccc(S(=O)(=O)N2CCCC[C@@H]2c2cccc(C)n2)cc1. The topological polar surface area (TPSA) is 50.3 Å². The second kappa shape index (κ2) is 6.42. The summed E-state index contributed by atoms with van der Waals surface area (Å²) in [6.07, 6.45) is 2.75. The van der Waals surface area contributed by atoms with Crippen LogP contribution in [-0.4, -0.2) is 24.3 Å². The molecular formula is C18H22N2O2S. The van der Waals surface area contributed by atoms with Crippen molar-refractivity contribution in [3.63, 3.8) is 0 Å². The van der Waals surface area contributed by atoms with Crippen molar-refractivity contribution >= 4 is 10.0 Å². The molecule has 0 bridgehead atoms. The summed E-state index contributed by atoms with van der Waals surface area (Å²) in [5.41, 5.74) is 2.82. The third-order valence-electron chi connectivity index (χ3n) is 4.33. The van der Waals surface area contributed by atoms with Crippen LogP contribution in [0.4, 0.5) is 0 Å². The summed E-state index contributed by atoms with van der Waals surface area (Å²) >= 11 is 0. The van der Waals surface area contributed by atoms with Gasteiger partial charge >= 0.3 is 0 Å². The molecule has 1 fully saturated rings. The second-order valence-electron chi connectivity index (χ2n) is 6.14. The Morgan fingerprint density at radius 2 is 1.78 bits per heavy atom. The number of sulfonamides is 1. The Hall–Kier alpha value is -1.72. The molecule has 1 atom stereocenters. The zero-order valence-electron chi connectivity index (χ0n) is 13.6. The van der Waals surface area contributed by atoms with E-state index < -0.39 is 10.0 Å². The maximum absolute atomic E-state index is 13.1. The third kappa shape index (κ3) is 3.31. The van der Waals surface area contributed by atoms with E-state index in [4.69, 9.17) is 0 Å². The highest BCUT2D eigenvalue weighted by Gasteiger charge is 2.35. The van der Waals surface area contributed by atoms with Gasteiger partial charge in [0.15, 0.2) is 0 Å². The van der Waals surface area contributed by atoms with E-state index in [1.807, 2.05) is 44.2 Å². The van der Waals surface area contributed by atoms with Crippen LogP contribution in [0.3, 0.4) is 0 Å². The predicted molar refractivity (Wildman–Crippen MR) is 90.6 cm³/mol. The minimum absolute atomic E-state index is 0.171. The molecular weight excluding hydrogens is 308 g/mol. The van der Waals surface area contributed by atoms with E-state index in [2.05, 4.69) is 4.98 Å². The molecule has 1 saturated heterocycles. The summed E-state index contributed by atoms with van der Waals surface area (Å²) in [5, 5.41) is 0. The summed E-state index contributed by atoms with van der Waals surface area (Å²) < 4.78 is 27.8. The average molecular weight is 330 g/mol. The number of aromatic nitrogens is 1. The van der Waals surface area contributed by atoms with Crippen LogP contribution in [0.1, 0.15) is 42.3 Å². The van der Waals surface area contributed by atoms with Crippen LogP contribution in [-0.2, 0) is 10.0 Å². The van der Waals surface area contributed by atoms with Crippen molar-refractivity contribution in [2.45, 2.75) is 44.0 Å². The number of nitrogens with zero attached hydrogens (tertiary/aromatic N) is 2. The molecule has 1 aliphatic rings. The van der Waals surface area contributed by atoms with Gasteiger partial charge in [-0.05, 0) is 51.0 Å². The molecule has 122 valence electrons. The molecule has 0 radical (unpaired) electrons. The van der Waals surface area contributed by atoms with Crippen molar-refractivity contribution in [3.05, 3.63) is 59.4 Å². The number of piperidine rings is 1. The van der Waals surface area contributed by atoms with Gasteiger partial charge in [0.05, 0.1) is 16.6 Å². The van der Waals surface area contributed by atoms with Gasteiger partial charge in [0.2, 0.25) is 10.0 Å². The van der Waals surface area contributed by atoms with Gasteiger partial charge < -0.3 is 0 Å². The lowest BCUT2D eigenvalue weighted by Crippen LogP contribution is -2.38. The van der Waals surface area contributed by atoms with Crippen molar-refractivity contribution in [1.29, 1.82) is 0 Å². The normalized spacial score (nSPS) is 19.7. The minimum atomic E-state index is -3.50. The lowest BCUT2D eigenvalue weighted by molar-refractivity contribution is 0.251. The number of hydrogen-bond donors (Lipinski definition) is 0. The Morgan fingerprint density at radius 3 is 2.48 bits per heavy atom. The molecule has 2 aromatic rings. The standard InChI is InChI=1S/C18H22N2O2S/c1-14-9-11-16(12-10-14)23(21,22)20-13-4-3-8-18(20)17-7-5-6-15(2)19-17/h5-7,9-12,18H,3-4,8,13H2,1-2H3/t18-/m1/s1. The van der Waals surface area contributed by atoms with Crippen molar-refractivity contribution < 1.29 is 8.42 Å². The van der Waals surface area contributed by atoms with E-state index >= 15 is 0 Å². The van der Waals surface area contributed by atoms with E-state index in [1.54, 1.807) is 16.4 Å².